The molecule has 1 fully saturated rings. The smallest absolute Gasteiger partial charge is 0.248 e. The Labute approximate surface area is 71.8 Å². The molecule has 4 heteroatoms. The maximum Gasteiger partial charge on any atom is 0.248 e. The second kappa shape index (κ2) is 3.87. The van der Waals surface area contributed by atoms with Crippen LogP contribution in [0.4, 0.5) is 0 Å². The van der Waals surface area contributed by atoms with Crippen molar-refractivity contribution in [3.63, 3.8) is 0 Å². The van der Waals surface area contributed by atoms with E-state index in [0.717, 1.165) is 0 Å². The summed E-state index contributed by atoms with van der Waals surface area (Å²) in [5, 5.41) is 17.9. The van der Waals surface area contributed by atoms with Crippen LogP contribution < -0.4 is 0 Å². The van der Waals surface area contributed by atoms with E-state index in [1.54, 1.807) is 4.90 Å². The summed E-state index contributed by atoms with van der Waals surface area (Å²) in [6, 6.07) is 0. The lowest BCUT2D eigenvalue weighted by atomic mass is 9.97. The first-order valence-corrected chi connectivity index (χ1v) is 4.22. The molecule has 1 amide bonds. The normalized spacial score (nSPS) is 30.4. The van der Waals surface area contributed by atoms with Crippen LogP contribution in [0.5, 0.6) is 0 Å². The summed E-state index contributed by atoms with van der Waals surface area (Å²) in [4.78, 5) is 12.6. The van der Waals surface area contributed by atoms with Crippen molar-refractivity contribution in [1.29, 1.82) is 0 Å². The van der Waals surface area contributed by atoms with Crippen LogP contribution in [0.15, 0.2) is 0 Å². The van der Waals surface area contributed by atoms with Crippen LogP contribution in [0, 0.1) is 5.92 Å². The molecule has 0 aliphatic carbocycles. The summed E-state index contributed by atoms with van der Waals surface area (Å²) in [7, 11) is 0. The molecule has 1 aliphatic heterocycles. The minimum Gasteiger partial charge on any atom is -0.393 e. The number of hydrogen-bond acceptors (Lipinski definition) is 3. The summed E-state index contributed by atoms with van der Waals surface area (Å²) >= 11 is 0. The van der Waals surface area contributed by atoms with E-state index in [4.69, 9.17) is 5.11 Å². The van der Waals surface area contributed by atoms with E-state index in [1.165, 1.54) is 0 Å². The molecule has 2 unspecified atom stereocenters. The Balaban J connectivity index is 2.45. The van der Waals surface area contributed by atoms with E-state index in [1.807, 2.05) is 6.92 Å². The van der Waals surface area contributed by atoms with Gasteiger partial charge in [-0.15, -0.1) is 0 Å². The topological polar surface area (TPSA) is 60.8 Å². The molecule has 2 N–H and O–H groups in total. The molecule has 0 spiro atoms. The third-order valence-electron chi connectivity index (χ3n) is 2.35. The van der Waals surface area contributed by atoms with Gasteiger partial charge >= 0.3 is 0 Å². The van der Waals surface area contributed by atoms with Crippen LogP contribution in [0.1, 0.15) is 13.3 Å². The van der Waals surface area contributed by atoms with Crippen LogP contribution in [0.2, 0.25) is 0 Å². The van der Waals surface area contributed by atoms with Gasteiger partial charge in [0.2, 0.25) is 5.91 Å². The molecule has 0 aromatic rings. The van der Waals surface area contributed by atoms with Gasteiger partial charge in [-0.25, -0.2) is 0 Å². The van der Waals surface area contributed by atoms with Crippen molar-refractivity contribution in [3.05, 3.63) is 0 Å². The Morgan fingerprint density at radius 1 is 1.67 bits per heavy atom. The van der Waals surface area contributed by atoms with E-state index >= 15 is 0 Å². The summed E-state index contributed by atoms with van der Waals surface area (Å²) in [5.41, 5.74) is 0. The van der Waals surface area contributed by atoms with Gasteiger partial charge in [-0.05, 0) is 12.3 Å². The second-order valence-corrected chi connectivity index (χ2v) is 3.33. The fourth-order valence-electron chi connectivity index (χ4n) is 1.46. The number of amides is 1. The van der Waals surface area contributed by atoms with Crippen molar-refractivity contribution in [2.75, 3.05) is 19.7 Å². The van der Waals surface area contributed by atoms with Gasteiger partial charge in [-0.1, -0.05) is 6.92 Å². The molecule has 0 bridgehead atoms. The van der Waals surface area contributed by atoms with Gasteiger partial charge < -0.3 is 15.1 Å². The number of aliphatic hydroxyl groups is 2. The zero-order valence-electron chi connectivity index (χ0n) is 7.23. The highest BCUT2D eigenvalue weighted by Crippen LogP contribution is 2.16. The minimum absolute atomic E-state index is 0.120. The van der Waals surface area contributed by atoms with Crippen molar-refractivity contribution in [2.24, 2.45) is 5.92 Å². The molecule has 1 saturated heterocycles. The van der Waals surface area contributed by atoms with Crippen LogP contribution in [0.3, 0.4) is 0 Å². The first-order chi connectivity index (χ1) is 5.65. The molecule has 1 rings (SSSR count). The standard InChI is InChI=1S/C8H15NO3/c1-6-4-9(8(12)5-10)3-2-7(6)11/h6-7,10-11H,2-5H2,1H3. The predicted molar refractivity (Wildman–Crippen MR) is 43.5 cm³/mol. The average Bonchev–Trinajstić information content (AvgIpc) is 2.08. The molecule has 0 aromatic heterocycles. The molecule has 2 atom stereocenters. The highest BCUT2D eigenvalue weighted by Gasteiger charge is 2.26. The minimum atomic E-state index is -0.428. The van der Waals surface area contributed by atoms with Crippen LogP contribution in [-0.4, -0.2) is 46.8 Å². The van der Waals surface area contributed by atoms with Crippen molar-refractivity contribution in [2.45, 2.75) is 19.4 Å². The zero-order valence-corrected chi connectivity index (χ0v) is 7.23. The molecule has 0 saturated carbocycles. The van der Waals surface area contributed by atoms with Gasteiger partial charge in [-0.2, -0.15) is 0 Å². The van der Waals surface area contributed by atoms with Crippen LogP contribution in [-0.2, 0) is 4.79 Å². The number of aliphatic hydroxyl groups excluding tert-OH is 2. The third kappa shape index (κ3) is 1.95. The molecule has 0 aromatic carbocycles. The van der Waals surface area contributed by atoms with E-state index < -0.39 is 6.61 Å². The fourth-order valence-corrected chi connectivity index (χ4v) is 1.46. The maximum absolute atomic E-state index is 11.0. The van der Waals surface area contributed by atoms with Crippen molar-refractivity contribution in [3.8, 4) is 0 Å². The van der Waals surface area contributed by atoms with Gasteiger partial charge in [0, 0.05) is 13.1 Å². The van der Waals surface area contributed by atoms with Crippen molar-refractivity contribution in [1.82, 2.24) is 4.90 Å². The van der Waals surface area contributed by atoms with Gasteiger partial charge in [0.1, 0.15) is 6.61 Å². The van der Waals surface area contributed by atoms with E-state index in [0.29, 0.717) is 19.5 Å². The highest BCUT2D eigenvalue weighted by molar-refractivity contribution is 5.77. The van der Waals surface area contributed by atoms with E-state index in [-0.39, 0.29) is 17.9 Å². The second-order valence-electron chi connectivity index (χ2n) is 3.33. The Morgan fingerprint density at radius 3 is 2.83 bits per heavy atom. The highest BCUT2D eigenvalue weighted by atomic mass is 16.3. The lowest BCUT2D eigenvalue weighted by Gasteiger charge is -2.33. The average molecular weight is 173 g/mol. The molecule has 1 aliphatic rings. The lowest BCUT2D eigenvalue weighted by Crippen LogP contribution is -2.45. The zero-order chi connectivity index (χ0) is 9.14. The van der Waals surface area contributed by atoms with Crippen molar-refractivity contribution >= 4 is 5.91 Å². The number of carbonyl (C=O) groups is 1. The Bertz CT molecular complexity index is 172. The predicted octanol–water partition coefficient (Wildman–Crippen LogP) is -0.792. The molecule has 4 nitrogen and oxygen atoms in total. The van der Waals surface area contributed by atoms with Crippen LogP contribution in [0.25, 0.3) is 0 Å². The van der Waals surface area contributed by atoms with E-state index in [9.17, 15) is 9.90 Å². The monoisotopic (exact) mass is 173 g/mol. The molecular weight excluding hydrogens is 158 g/mol. The Kier molecular flexibility index (Phi) is 3.05. The van der Waals surface area contributed by atoms with Gasteiger partial charge in [0.05, 0.1) is 6.10 Å². The third-order valence-corrected chi connectivity index (χ3v) is 2.35. The van der Waals surface area contributed by atoms with Crippen LogP contribution >= 0.6 is 0 Å². The van der Waals surface area contributed by atoms with Gasteiger partial charge in [0.25, 0.3) is 0 Å². The fraction of sp³-hybridized carbons (Fsp3) is 0.875. The summed E-state index contributed by atoms with van der Waals surface area (Å²) in [5.74, 6) is -0.122. The Morgan fingerprint density at radius 2 is 2.33 bits per heavy atom. The number of hydrogen-bond donors (Lipinski definition) is 2. The molecule has 12 heavy (non-hydrogen) atoms. The number of carbonyl (C=O) groups excluding carboxylic acids is 1. The summed E-state index contributed by atoms with van der Waals surface area (Å²) in [6.07, 6.45) is 0.320. The first-order valence-electron chi connectivity index (χ1n) is 4.22. The largest absolute Gasteiger partial charge is 0.393 e. The summed E-state index contributed by atoms with van der Waals surface area (Å²) in [6.45, 7) is 2.59. The summed E-state index contributed by atoms with van der Waals surface area (Å²) < 4.78 is 0. The van der Waals surface area contributed by atoms with Crippen molar-refractivity contribution < 1.29 is 15.0 Å². The van der Waals surface area contributed by atoms with Gasteiger partial charge in [0.15, 0.2) is 0 Å². The SMILES string of the molecule is CC1CN(C(=O)CO)CCC1O. The number of likely N-dealkylation sites (tertiary alicyclic amines) is 1. The quantitative estimate of drug-likeness (QED) is 0.546. The number of nitrogens with zero attached hydrogens (tertiary/aromatic N) is 1. The first kappa shape index (κ1) is 9.48. The lowest BCUT2D eigenvalue weighted by molar-refractivity contribution is -0.137. The number of piperidine rings is 1. The van der Waals surface area contributed by atoms with E-state index in [2.05, 4.69) is 0 Å². The molecule has 1 heterocycles. The molecule has 0 radical (unpaired) electrons. The van der Waals surface area contributed by atoms with Gasteiger partial charge in [-0.3, -0.25) is 4.79 Å². The number of rotatable bonds is 1. The molecular formula is C8H15NO3. The molecule has 70 valence electrons. The maximum atomic E-state index is 11.0. The Hall–Kier alpha value is -0.610.